The third kappa shape index (κ3) is 4.26. The number of carbonyl (C=O) groups is 2. The molecule has 0 aliphatic carbocycles. The zero-order valence-corrected chi connectivity index (χ0v) is 13.7. The van der Waals surface area contributed by atoms with Gasteiger partial charge in [-0.2, -0.15) is 0 Å². The molecule has 25 heavy (non-hydrogen) atoms. The SMILES string of the molecule is Nc1ccc2c(n1)N(CC(=O)OCCCc1ccccc1)C(=O)CO2. The first-order valence-corrected chi connectivity index (χ1v) is 8.03. The van der Waals surface area contributed by atoms with Crippen LogP contribution >= 0.6 is 0 Å². The number of fused-ring (bicyclic) bond motifs is 1. The van der Waals surface area contributed by atoms with Crippen LogP contribution in [-0.2, 0) is 20.7 Å². The summed E-state index contributed by atoms with van der Waals surface area (Å²) >= 11 is 0. The smallest absolute Gasteiger partial charge is 0.326 e. The zero-order chi connectivity index (χ0) is 17.6. The maximum absolute atomic E-state index is 12.0. The fraction of sp³-hybridized carbons (Fsp3) is 0.278. The zero-order valence-electron chi connectivity index (χ0n) is 13.7. The number of nitrogens with zero attached hydrogens (tertiary/aromatic N) is 2. The van der Waals surface area contributed by atoms with E-state index in [2.05, 4.69) is 4.98 Å². The summed E-state index contributed by atoms with van der Waals surface area (Å²) in [5.74, 6) is 0.0757. The molecule has 3 rings (SSSR count). The van der Waals surface area contributed by atoms with Gasteiger partial charge >= 0.3 is 5.97 Å². The average Bonchev–Trinajstić information content (AvgIpc) is 2.62. The number of hydrogen-bond acceptors (Lipinski definition) is 6. The minimum atomic E-state index is -0.488. The summed E-state index contributed by atoms with van der Waals surface area (Å²) in [6, 6.07) is 13.2. The lowest BCUT2D eigenvalue weighted by atomic mass is 10.1. The van der Waals surface area contributed by atoms with Gasteiger partial charge in [-0.3, -0.25) is 14.5 Å². The van der Waals surface area contributed by atoms with Crippen molar-refractivity contribution >= 4 is 23.5 Å². The van der Waals surface area contributed by atoms with E-state index in [4.69, 9.17) is 15.2 Å². The Morgan fingerprint density at radius 1 is 1.24 bits per heavy atom. The van der Waals surface area contributed by atoms with Crippen LogP contribution in [0.5, 0.6) is 5.75 Å². The van der Waals surface area contributed by atoms with Crippen LogP contribution in [0.4, 0.5) is 11.6 Å². The van der Waals surface area contributed by atoms with Gasteiger partial charge < -0.3 is 15.2 Å². The Kier molecular flexibility index (Phi) is 5.13. The van der Waals surface area contributed by atoms with Crippen LogP contribution in [0.25, 0.3) is 0 Å². The first-order chi connectivity index (χ1) is 12.1. The predicted octanol–water partition coefficient (Wildman–Crippen LogP) is 1.57. The molecule has 0 fully saturated rings. The number of ether oxygens (including phenoxy) is 2. The summed E-state index contributed by atoms with van der Waals surface area (Å²) in [6.45, 7) is -0.0552. The van der Waals surface area contributed by atoms with Gasteiger partial charge in [0.25, 0.3) is 5.91 Å². The molecule has 1 aliphatic heterocycles. The average molecular weight is 341 g/mol. The minimum absolute atomic E-state index is 0.139. The number of aryl methyl sites for hydroxylation is 1. The fourth-order valence-electron chi connectivity index (χ4n) is 2.54. The van der Waals surface area contributed by atoms with E-state index < -0.39 is 5.97 Å². The Morgan fingerprint density at radius 2 is 2.04 bits per heavy atom. The first kappa shape index (κ1) is 16.8. The van der Waals surface area contributed by atoms with Gasteiger partial charge in [-0.15, -0.1) is 0 Å². The van der Waals surface area contributed by atoms with E-state index in [0.717, 1.165) is 6.42 Å². The van der Waals surface area contributed by atoms with Crippen LogP contribution in [0.1, 0.15) is 12.0 Å². The van der Waals surface area contributed by atoms with Crippen LogP contribution in [0.2, 0.25) is 0 Å². The maximum Gasteiger partial charge on any atom is 0.326 e. The molecule has 2 N–H and O–H groups in total. The minimum Gasteiger partial charge on any atom is -0.480 e. The molecule has 0 atom stereocenters. The summed E-state index contributed by atoms with van der Waals surface area (Å²) in [4.78, 5) is 29.4. The van der Waals surface area contributed by atoms with Crippen molar-refractivity contribution in [3.63, 3.8) is 0 Å². The number of nitrogens with two attached hydrogens (primary N) is 1. The Morgan fingerprint density at radius 3 is 2.84 bits per heavy atom. The van der Waals surface area contributed by atoms with Crippen molar-refractivity contribution < 1.29 is 19.1 Å². The van der Waals surface area contributed by atoms with Gasteiger partial charge in [0.1, 0.15) is 12.4 Å². The molecule has 1 aromatic carbocycles. The lowest BCUT2D eigenvalue weighted by molar-refractivity contribution is -0.143. The highest BCUT2D eigenvalue weighted by Crippen LogP contribution is 2.30. The van der Waals surface area contributed by atoms with Gasteiger partial charge in [0.15, 0.2) is 18.2 Å². The highest BCUT2D eigenvalue weighted by molar-refractivity contribution is 6.00. The third-order valence-corrected chi connectivity index (χ3v) is 3.77. The van der Waals surface area contributed by atoms with E-state index in [1.165, 1.54) is 10.5 Å². The summed E-state index contributed by atoms with van der Waals surface area (Å²) < 4.78 is 10.5. The number of carbonyl (C=O) groups excluding carboxylic acids is 2. The molecule has 0 radical (unpaired) electrons. The lowest BCUT2D eigenvalue weighted by Crippen LogP contribution is -2.43. The molecule has 7 nitrogen and oxygen atoms in total. The Bertz CT molecular complexity index is 764. The van der Waals surface area contributed by atoms with Crippen molar-refractivity contribution in [2.24, 2.45) is 0 Å². The van der Waals surface area contributed by atoms with Crippen molar-refractivity contribution in [3.8, 4) is 5.75 Å². The number of amides is 1. The van der Waals surface area contributed by atoms with Gasteiger partial charge in [0.05, 0.1) is 6.61 Å². The Hall–Kier alpha value is -3.09. The number of nitrogen functional groups attached to an aromatic ring is 1. The quantitative estimate of drug-likeness (QED) is 0.633. The number of aromatic nitrogens is 1. The van der Waals surface area contributed by atoms with E-state index in [1.807, 2.05) is 30.3 Å². The summed E-state index contributed by atoms with van der Waals surface area (Å²) in [5.41, 5.74) is 6.84. The highest BCUT2D eigenvalue weighted by atomic mass is 16.5. The van der Waals surface area contributed by atoms with Crippen LogP contribution < -0.4 is 15.4 Å². The second-order valence-electron chi connectivity index (χ2n) is 5.64. The lowest BCUT2D eigenvalue weighted by Gasteiger charge is -2.27. The number of hydrogen-bond donors (Lipinski definition) is 1. The molecule has 0 saturated heterocycles. The van der Waals surface area contributed by atoms with E-state index in [-0.39, 0.29) is 30.7 Å². The van der Waals surface area contributed by atoms with Crippen molar-refractivity contribution in [2.75, 3.05) is 30.4 Å². The van der Waals surface area contributed by atoms with Gasteiger partial charge in [-0.1, -0.05) is 30.3 Å². The highest BCUT2D eigenvalue weighted by Gasteiger charge is 2.29. The second-order valence-corrected chi connectivity index (χ2v) is 5.64. The first-order valence-electron chi connectivity index (χ1n) is 8.03. The van der Waals surface area contributed by atoms with Gasteiger partial charge in [0.2, 0.25) is 0 Å². The molecule has 0 saturated carbocycles. The molecule has 0 unspecified atom stereocenters. The molecular weight excluding hydrogens is 322 g/mol. The number of pyridine rings is 1. The van der Waals surface area contributed by atoms with E-state index >= 15 is 0 Å². The molecule has 7 heteroatoms. The molecule has 2 heterocycles. The number of anilines is 2. The normalized spacial score (nSPS) is 13.1. The molecule has 0 spiro atoms. The third-order valence-electron chi connectivity index (χ3n) is 3.77. The van der Waals surface area contributed by atoms with Crippen LogP contribution in [0, 0.1) is 0 Å². The number of benzene rings is 1. The Balaban J connectivity index is 1.52. The van der Waals surface area contributed by atoms with Gasteiger partial charge in [-0.05, 0) is 30.5 Å². The molecule has 1 aliphatic rings. The van der Waals surface area contributed by atoms with E-state index in [1.54, 1.807) is 12.1 Å². The van der Waals surface area contributed by atoms with Crippen molar-refractivity contribution in [2.45, 2.75) is 12.8 Å². The molecule has 0 bridgehead atoms. The van der Waals surface area contributed by atoms with Crippen LogP contribution in [0.15, 0.2) is 42.5 Å². The van der Waals surface area contributed by atoms with Crippen molar-refractivity contribution in [3.05, 3.63) is 48.0 Å². The van der Waals surface area contributed by atoms with Crippen molar-refractivity contribution in [1.82, 2.24) is 4.98 Å². The summed E-state index contributed by atoms with van der Waals surface area (Å²) in [5, 5.41) is 0. The number of rotatable bonds is 6. The standard InChI is InChI=1S/C18H19N3O4/c19-15-9-8-14-18(20-15)21(16(22)12-25-14)11-17(23)24-10-4-7-13-5-2-1-3-6-13/h1-3,5-6,8-9H,4,7,10-12H2,(H2,19,20). The largest absolute Gasteiger partial charge is 0.480 e. The monoisotopic (exact) mass is 341 g/mol. The summed E-state index contributed by atoms with van der Waals surface area (Å²) in [6.07, 6.45) is 1.54. The van der Waals surface area contributed by atoms with E-state index in [9.17, 15) is 9.59 Å². The fourth-order valence-corrected chi connectivity index (χ4v) is 2.54. The predicted molar refractivity (Wildman–Crippen MR) is 92.2 cm³/mol. The van der Waals surface area contributed by atoms with Crippen LogP contribution in [-0.4, -0.2) is 36.6 Å². The molecule has 1 amide bonds. The molecule has 1 aromatic heterocycles. The maximum atomic E-state index is 12.0. The van der Waals surface area contributed by atoms with Gasteiger partial charge in [0, 0.05) is 0 Å². The topological polar surface area (TPSA) is 94.8 Å². The number of esters is 1. The van der Waals surface area contributed by atoms with E-state index in [0.29, 0.717) is 18.8 Å². The second kappa shape index (κ2) is 7.65. The van der Waals surface area contributed by atoms with Crippen molar-refractivity contribution in [1.29, 1.82) is 0 Å². The summed E-state index contributed by atoms with van der Waals surface area (Å²) in [7, 11) is 0. The molecule has 130 valence electrons. The molecular formula is C18H19N3O4. The Labute approximate surface area is 145 Å². The molecule has 2 aromatic rings. The van der Waals surface area contributed by atoms with Crippen LogP contribution in [0.3, 0.4) is 0 Å². The van der Waals surface area contributed by atoms with Gasteiger partial charge in [-0.25, -0.2) is 4.98 Å².